The van der Waals surface area contributed by atoms with Crippen molar-refractivity contribution in [2.45, 2.75) is 50.4 Å². The SMILES string of the molecule is COc1ccc(N2CCN(CCCNC(=O)C34CC5CC(C3)CC(c3ccccc3)(C5)C4)CC2)cc1. The van der Waals surface area contributed by atoms with Crippen LogP contribution in [0.25, 0.3) is 0 Å². The van der Waals surface area contributed by atoms with Crippen LogP contribution in [0.2, 0.25) is 0 Å². The summed E-state index contributed by atoms with van der Waals surface area (Å²) in [7, 11) is 1.71. The Kier molecular flexibility index (Phi) is 6.45. The van der Waals surface area contributed by atoms with Crippen molar-refractivity contribution in [1.82, 2.24) is 10.2 Å². The number of hydrogen-bond donors (Lipinski definition) is 1. The third kappa shape index (κ3) is 4.51. The minimum Gasteiger partial charge on any atom is -0.497 e. The van der Waals surface area contributed by atoms with Gasteiger partial charge in [-0.05, 0) is 98.6 Å². The van der Waals surface area contributed by atoms with Crippen molar-refractivity contribution in [3.8, 4) is 5.75 Å². The quantitative estimate of drug-likeness (QED) is 0.540. The van der Waals surface area contributed by atoms with E-state index < -0.39 is 0 Å². The van der Waals surface area contributed by atoms with Gasteiger partial charge in [0.25, 0.3) is 0 Å². The number of hydrogen-bond acceptors (Lipinski definition) is 4. The molecule has 2 aromatic rings. The van der Waals surface area contributed by atoms with Gasteiger partial charge >= 0.3 is 0 Å². The zero-order valence-electron chi connectivity index (χ0n) is 21.8. The van der Waals surface area contributed by atoms with E-state index in [1.165, 1.54) is 30.5 Å². The number of benzene rings is 2. The molecule has 1 aliphatic heterocycles. The maximum atomic E-state index is 13.6. The molecule has 36 heavy (non-hydrogen) atoms. The van der Waals surface area contributed by atoms with E-state index in [-0.39, 0.29) is 10.8 Å². The summed E-state index contributed by atoms with van der Waals surface area (Å²) in [6, 6.07) is 19.5. The lowest BCUT2D eigenvalue weighted by Crippen LogP contribution is -2.59. The number of carbonyl (C=O) groups is 1. The van der Waals surface area contributed by atoms with Crippen LogP contribution in [-0.2, 0) is 10.2 Å². The highest BCUT2D eigenvalue weighted by molar-refractivity contribution is 5.83. The van der Waals surface area contributed by atoms with Crippen LogP contribution >= 0.6 is 0 Å². The number of anilines is 1. The maximum Gasteiger partial charge on any atom is 0.226 e. The molecular weight excluding hydrogens is 446 g/mol. The number of rotatable bonds is 8. The van der Waals surface area contributed by atoms with Gasteiger partial charge in [0.2, 0.25) is 5.91 Å². The van der Waals surface area contributed by atoms with Gasteiger partial charge in [0.15, 0.2) is 0 Å². The molecule has 2 aromatic carbocycles. The second-order valence-electron chi connectivity index (χ2n) is 12.0. The van der Waals surface area contributed by atoms with E-state index in [2.05, 4.69) is 57.6 Å². The van der Waals surface area contributed by atoms with Crippen molar-refractivity contribution in [2.75, 3.05) is 51.3 Å². The molecule has 0 aromatic heterocycles. The molecule has 2 atom stereocenters. The van der Waals surface area contributed by atoms with Crippen LogP contribution in [-0.4, -0.2) is 57.2 Å². The summed E-state index contributed by atoms with van der Waals surface area (Å²) < 4.78 is 5.28. The van der Waals surface area contributed by atoms with E-state index >= 15 is 0 Å². The van der Waals surface area contributed by atoms with Gasteiger partial charge in [0.05, 0.1) is 12.5 Å². The minimum atomic E-state index is -0.135. The third-order valence-electron chi connectivity index (χ3n) is 9.68. The first kappa shape index (κ1) is 23.8. The molecule has 2 unspecified atom stereocenters. The third-order valence-corrected chi connectivity index (χ3v) is 9.68. The normalized spacial score (nSPS) is 31.4. The fourth-order valence-electron chi connectivity index (χ4n) is 8.37. The monoisotopic (exact) mass is 487 g/mol. The van der Waals surface area contributed by atoms with Crippen LogP contribution in [0.15, 0.2) is 54.6 Å². The average molecular weight is 488 g/mol. The molecule has 1 amide bonds. The van der Waals surface area contributed by atoms with Gasteiger partial charge in [-0.1, -0.05) is 30.3 Å². The first-order valence-electron chi connectivity index (χ1n) is 14.0. The predicted octanol–water partition coefficient (Wildman–Crippen LogP) is 4.86. The molecular formula is C31H41N3O2. The zero-order valence-corrected chi connectivity index (χ0v) is 21.8. The summed E-state index contributed by atoms with van der Waals surface area (Å²) in [6.07, 6.45) is 8.20. The molecule has 4 aliphatic carbocycles. The Morgan fingerprint density at radius 2 is 1.64 bits per heavy atom. The number of nitrogens with one attached hydrogen (secondary N) is 1. The summed E-state index contributed by atoms with van der Waals surface area (Å²) in [6.45, 7) is 6.11. The largest absolute Gasteiger partial charge is 0.497 e. The fraction of sp³-hybridized carbons (Fsp3) is 0.581. The molecule has 0 spiro atoms. The summed E-state index contributed by atoms with van der Waals surface area (Å²) >= 11 is 0. The molecule has 7 rings (SSSR count). The molecule has 1 N–H and O–H groups in total. The number of amides is 1. The van der Waals surface area contributed by atoms with Crippen LogP contribution < -0.4 is 15.0 Å². The van der Waals surface area contributed by atoms with E-state index in [4.69, 9.17) is 4.74 Å². The number of methoxy groups -OCH3 is 1. The minimum absolute atomic E-state index is 0.135. The maximum absolute atomic E-state index is 13.6. The van der Waals surface area contributed by atoms with E-state index in [1.54, 1.807) is 7.11 Å². The van der Waals surface area contributed by atoms with Gasteiger partial charge in [-0.2, -0.15) is 0 Å². The van der Waals surface area contributed by atoms with Crippen LogP contribution in [0, 0.1) is 17.3 Å². The molecule has 4 bridgehead atoms. The highest BCUT2D eigenvalue weighted by atomic mass is 16.5. The van der Waals surface area contributed by atoms with Crippen LogP contribution in [0.5, 0.6) is 5.75 Å². The Morgan fingerprint density at radius 3 is 2.31 bits per heavy atom. The lowest BCUT2D eigenvalue weighted by molar-refractivity contribution is -0.149. The van der Waals surface area contributed by atoms with Crippen molar-refractivity contribution in [2.24, 2.45) is 17.3 Å². The second-order valence-corrected chi connectivity index (χ2v) is 12.0. The van der Waals surface area contributed by atoms with E-state index in [9.17, 15) is 4.79 Å². The van der Waals surface area contributed by atoms with Gasteiger partial charge in [0, 0.05) is 38.4 Å². The standard InChI is InChI=1S/C31H41N3O2/c1-36-28-10-8-27(9-11-28)34-16-14-33(15-17-34)13-5-12-32-29(35)31-21-24-18-25(22-31)20-30(19-24,23-31)26-6-3-2-4-7-26/h2-4,6-11,24-25H,5,12-23H2,1H3,(H,32,35). The topological polar surface area (TPSA) is 44.8 Å². The first-order chi connectivity index (χ1) is 17.6. The molecule has 1 heterocycles. The zero-order chi connectivity index (χ0) is 24.6. The summed E-state index contributed by atoms with van der Waals surface area (Å²) in [4.78, 5) is 18.6. The Hall–Kier alpha value is -2.53. The van der Waals surface area contributed by atoms with Gasteiger partial charge in [-0.15, -0.1) is 0 Å². The van der Waals surface area contributed by atoms with Crippen molar-refractivity contribution in [3.63, 3.8) is 0 Å². The number of nitrogens with zero attached hydrogens (tertiary/aromatic N) is 2. The van der Waals surface area contributed by atoms with Crippen molar-refractivity contribution < 1.29 is 9.53 Å². The molecule has 5 aliphatic rings. The molecule has 1 saturated heterocycles. The Labute approximate surface area is 216 Å². The highest BCUT2D eigenvalue weighted by Crippen LogP contribution is 2.65. The van der Waals surface area contributed by atoms with E-state index in [0.717, 1.165) is 82.5 Å². The highest BCUT2D eigenvalue weighted by Gasteiger charge is 2.60. The van der Waals surface area contributed by atoms with Crippen molar-refractivity contribution >= 4 is 11.6 Å². The first-order valence-corrected chi connectivity index (χ1v) is 14.0. The molecule has 5 heteroatoms. The lowest BCUT2D eigenvalue weighted by atomic mass is 9.42. The number of ether oxygens (including phenoxy) is 1. The van der Waals surface area contributed by atoms with Crippen molar-refractivity contribution in [3.05, 3.63) is 60.2 Å². The molecule has 192 valence electrons. The van der Waals surface area contributed by atoms with Crippen molar-refractivity contribution in [1.29, 1.82) is 0 Å². The van der Waals surface area contributed by atoms with Gasteiger partial charge < -0.3 is 15.0 Å². The Morgan fingerprint density at radius 1 is 0.944 bits per heavy atom. The van der Waals surface area contributed by atoms with Gasteiger partial charge in [-0.25, -0.2) is 0 Å². The van der Waals surface area contributed by atoms with E-state index in [0.29, 0.717) is 5.91 Å². The summed E-state index contributed by atoms with van der Waals surface area (Å²) in [5.74, 6) is 2.70. The van der Waals surface area contributed by atoms with Gasteiger partial charge in [-0.3, -0.25) is 9.69 Å². The van der Waals surface area contributed by atoms with E-state index in [1.807, 2.05) is 12.1 Å². The number of piperazine rings is 1. The van der Waals surface area contributed by atoms with Crippen LogP contribution in [0.3, 0.4) is 0 Å². The lowest BCUT2D eigenvalue weighted by Gasteiger charge is -2.61. The summed E-state index contributed by atoms with van der Waals surface area (Å²) in [5.41, 5.74) is 2.84. The molecule has 5 fully saturated rings. The molecule has 4 saturated carbocycles. The Balaban J connectivity index is 0.988. The number of carbonyl (C=O) groups excluding carboxylic acids is 1. The summed E-state index contributed by atoms with van der Waals surface area (Å²) in [5, 5.41) is 3.41. The average Bonchev–Trinajstić information content (AvgIpc) is 2.91. The smallest absolute Gasteiger partial charge is 0.226 e. The molecule has 0 radical (unpaired) electrons. The second kappa shape index (κ2) is 9.74. The van der Waals surface area contributed by atoms with Gasteiger partial charge in [0.1, 0.15) is 5.75 Å². The molecule has 5 nitrogen and oxygen atoms in total. The Bertz CT molecular complexity index is 1030. The van der Waals surface area contributed by atoms with Crippen LogP contribution in [0.4, 0.5) is 5.69 Å². The van der Waals surface area contributed by atoms with Crippen LogP contribution in [0.1, 0.15) is 50.5 Å². The fourth-order valence-corrected chi connectivity index (χ4v) is 8.37. The predicted molar refractivity (Wildman–Crippen MR) is 145 cm³/mol.